The lowest BCUT2D eigenvalue weighted by atomic mass is 10.1. The predicted octanol–water partition coefficient (Wildman–Crippen LogP) is 3.53. The number of rotatable bonds is 5. The van der Waals surface area contributed by atoms with E-state index >= 15 is 0 Å². The van der Waals surface area contributed by atoms with Crippen molar-refractivity contribution >= 4 is 11.3 Å². The highest BCUT2D eigenvalue weighted by Gasteiger charge is 2.10. The van der Waals surface area contributed by atoms with E-state index in [2.05, 4.69) is 41.6 Å². The van der Waals surface area contributed by atoms with E-state index in [1.165, 1.54) is 5.56 Å². The smallest absolute Gasteiger partial charge is 0.110 e. The zero-order chi connectivity index (χ0) is 12.1. The van der Waals surface area contributed by atoms with Crippen molar-refractivity contribution in [3.8, 4) is 0 Å². The van der Waals surface area contributed by atoms with E-state index in [4.69, 9.17) is 5.73 Å². The molecule has 1 unspecified atom stereocenters. The first-order valence-corrected chi connectivity index (χ1v) is 6.91. The van der Waals surface area contributed by atoms with Gasteiger partial charge in [-0.2, -0.15) is 0 Å². The van der Waals surface area contributed by atoms with Crippen LogP contribution in [0.1, 0.15) is 42.1 Å². The van der Waals surface area contributed by atoms with Gasteiger partial charge in [0.1, 0.15) is 5.01 Å². The number of nitrogens with two attached hydrogens (primary N) is 1. The zero-order valence-corrected chi connectivity index (χ0v) is 10.9. The van der Waals surface area contributed by atoms with Crippen LogP contribution in [0.15, 0.2) is 35.7 Å². The van der Waals surface area contributed by atoms with Crippen molar-refractivity contribution in [2.24, 2.45) is 5.73 Å². The Bertz CT molecular complexity index is 450. The molecule has 0 saturated carbocycles. The van der Waals surface area contributed by atoms with Crippen LogP contribution >= 0.6 is 11.3 Å². The molecule has 1 atom stereocenters. The molecule has 1 aromatic heterocycles. The Hall–Kier alpha value is -1.19. The quantitative estimate of drug-likeness (QED) is 0.876. The molecule has 0 aliphatic heterocycles. The lowest BCUT2D eigenvalue weighted by Crippen LogP contribution is -2.09. The summed E-state index contributed by atoms with van der Waals surface area (Å²) in [7, 11) is 0. The van der Waals surface area contributed by atoms with Gasteiger partial charge in [0.15, 0.2) is 0 Å². The summed E-state index contributed by atoms with van der Waals surface area (Å²) < 4.78 is 0. The van der Waals surface area contributed by atoms with Crippen LogP contribution in [0.5, 0.6) is 0 Å². The molecule has 0 aliphatic rings. The van der Waals surface area contributed by atoms with E-state index in [1.54, 1.807) is 11.3 Å². The Balaban J connectivity index is 2.04. The standard InChI is InChI=1S/C14H18N2S/c1-2-6-13(15)14-16-12(10-17-14)9-11-7-4-3-5-8-11/h3-5,7-8,10,13H,2,6,9,15H2,1H3. The molecule has 17 heavy (non-hydrogen) atoms. The summed E-state index contributed by atoms with van der Waals surface area (Å²) in [5, 5.41) is 3.19. The summed E-state index contributed by atoms with van der Waals surface area (Å²) in [4.78, 5) is 4.62. The molecule has 90 valence electrons. The summed E-state index contributed by atoms with van der Waals surface area (Å²) in [5.41, 5.74) is 8.49. The predicted molar refractivity (Wildman–Crippen MR) is 73.2 cm³/mol. The summed E-state index contributed by atoms with van der Waals surface area (Å²) in [6.07, 6.45) is 3.02. The third-order valence-corrected chi connectivity index (χ3v) is 3.74. The SMILES string of the molecule is CCCC(N)c1nc(Cc2ccccc2)cs1. The molecule has 1 heterocycles. The Morgan fingerprint density at radius 1 is 1.29 bits per heavy atom. The van der Waals surface area contributed by atoms with Crippen LogP contribution < -0.4 is 5.73 Å². The first-order valence-electron chi connectivity index (χ1n) is 6.03. The fourth-order valence-electron chi connectivity index (χ4n) is 1.81. The molecule has 3 heteroatoms. The van der Waals surface area contributed by atoms with Crippen molar-refractivity contribution in [3.05, 3.63) is 52.0 Å². The van der Waals surface area contributed by atoms with E-state index in [9.17, 15) is 0 Å². The van der Waals surface area contributed by atoms with Gasteiger partial charge < -0.3 is 5.73 Å². The van der Waals surface area contributed by atoms with Crippen molar-refractivity contribution in [1.29, 1.82) is 0 Å². The highest BCUT2D eigenvalue weighted by molar-refractivity contribution is 7.09. The van der Waals surface area contributed by atoms with Gasteiger partial charge in [0.05, 0.1) is 11.7 Å². The van der Waals surface area contributed by atoms with Gasteiger partial charge in [0.2, 0.25) is 0 Å². The van der Waals surface area contributed by atoms with E-state index in [0.29, 0.717) is 0 Å². The molecule has 0 amide bonds. The summed E-state index contributed by atoms with van der Waals surface area (Å²) in [5.74, 6) is 0. The molecule has 0 fully saturated rings. The minimum absolute atomic E-state index is 0.106. The highest BCUT2D eigenvalue weighted by Crippen LogP contribution is 2.21. The van der Waals surface area contributed by atoms with Gasteiger partial charge in [-0.15, -0.1) is 11.3 Å². The number of nitrogens with zero attached hydrogens (tertiary/aromatic N) is 1. The number of benzene rings is 1. The zero-order valence-electron chi connectivity index (χ0n) is 10.1. The summed E-state index contributed by atoms with van der Waals surface area (Å²) >= 11 is 1.68. The minimum Gasteiger partial charge on any atom is -0.322 e. The van der Waals surface area contributed by atoms with Gasteiger partial charge >= 0.3 is 0 Å². The molecule has 0 saturated heterocycles. The molecule has 2 aromatic rings. The fourth-order valence-corrected chi connectivity index (χ4v) is 2.67. The van der Waals surface area contributed by atoms with Gasteiger partial charge in [-0.05, 0) is 12.0 Å². The monoisotopic (exact) mass is 246 g/mol. The van der Waals surface area contributed by atoms with Crippen LogP contribution in [0, 0.1) is 0 Å². The van der Waals surface area contributed by atoms with E-state index in [-0.39, 0.29) is 6.04 Å². The first-order chi connectivity index (χ1) is 8.29. The maximum Gasteiger partial charge on any atom is 0.110 e. The second kappa shape index (κ2) is 5.94. The van der Waals surface area contributed by atoms with Crippen molar-refractivity contribution in [2.45, 2.75) is 32.2 Å². The van der Waals surface area contributed by atoms with Gasteiger partial charge in [0.25, 0.3) is 0 Å². The highest BCUT2D eigenvalue weighted by atomic mass is 32.1. The maximum atomic E-state index is 6.06. The van der Waals surface area contributed by atoms with Crippen LogP contribution in [0.4, 0.5) is 0 Å². The molecular formula is C14H18N2S. The summed E-state index contributed by atoms with van der Waals surface area (Å²) in [6.45, 7) is 2.15. The normalized spacial score (nSPS) is 12.6. The van der Waals surface area contributed by atoms with Crippen LogP contribution in [-0.4, -0.2) is 4.98 Å². The van der Waals surface area contributed by atoms with Crippen molar-refractivity contribution < 1.29 is 0 Å². The topological polar surface area (TPSA) is 38.9 Å². The largest absolute Gasteiger partial charge is 0.322 e. The Morgan fingerprint density at radius 2 is 2.06 bits per heavy atom. The third-order valence-electron chi connectivity index (χ3n) is 2.71. The van der Waals surface area contributed by atoms with Gasteiger partial charge in [-0.1, -0.05) is 43.7 Å². The van der Waals surface area contributed by atoms with E-state index < -0.39 is 0 Å². The Morgan fingerprint density at radius 3 is 2.76 bits per heavy atom. The van der Waals surface area contributed by atoms with Crippen LogP contribution in [0.25, 0.3) is 0 Å². The first kappa shape index (κ1) is 12.3. The molecule has 0 aliphatic carbocycles. The van der Waals surface area contributed by atoms with Crippen LogP contribution in [0.2, 0.25) is 0 Å². The summed E-state index contributed by atoms with van der Waals surface area (Å²) in [6, 6.07) is 10.5. The van der Waals surface area contributed by atoms with Gasteiger partial charge in [-0.3, -0.25) is 0 Å². The number of hydrogen-bond acceptors (Lipinski definition) is 3. The van der Waals surface area contributed by atoms with Gasteiger partial charge in [0, 0.05) is 11.8 Å². The fraction of sp³-hybridized carbons (Fsp3) is 0.357. The average molecular weight is 246 g/mol. The Kier molecular flexibility index (Phi) is 4.29. The molecule has 0 radical (unpaired) electrons. The average Bonchev–Trinajstić information content (AvgIpc) is 2.79. The third kappa shape index (κ3) is 3.38. The van der Waals surface area contributed by atoms with E-state index in [0.717, 1.165) is 30.0 Å². The van der Waals surface area contributed by atoms with Crippen molar-refractivity contribution in [1.82, 2.24) is 4.98 Å². The maximum absolute atomic E-state index is 6.06. The molecule has 0 spiro atoms. The molecular weight excluding hydrogens is 228 g/mol. The molecule has 2 rings (SSSR count). The molecule has 1 aromatic carbocycles. The number of hydrogen-bond donors (Lipinski definition) is 1. The van der Waals surface area contributed by atoms with E-state index in [1.807, 2.05) is 6.07 Å². The number of aromatic nitrogens is 1. The van der Waals surface area contributed by atoms with Gasteiger partial charge in [-0.25, -0.2) is 4.98 Å². The van der Waals surface area contributed by atoms with Crippen molar-refractivity contribution in [3.63, 3.8) is 0 Å². The number of thiazole rings is 1. The van der Waals surface area contributed by atoms with Crippen LogP contribution in [0.3, 0.4) is 0 Å². The lowest BCUT2D eigenvalue weighted by molar-refractivity contribution is 0.633. The molecule has 2 nitrogen and oxygen atoms in total. The second-order valence-electron chi connectivity index (χ2n) is 4.23. The van der Waals surface area contributed by atoms with Crippen molar-refractivity contribution in [2.75, 3.05) is 0 Å². The minimum atomic E-state index is 0.106. The molecule has 0 bridgehead atoms. The Labute approximate surface area is 107 Å². The van der Waals surface area contributed by atoms with Crippen LogP contribution in [-0.2, 0) is 6.42 Å². The lowest BCUT2D eigenvalue weighted by Gasteiger charge is -2.05. The molecule has 2 N–H and O–H groups in total. The second-order valence-corrected chi connectivity index (χ2v) is 5.12.